The minimum absolute atomic E-state index is 0.180. The van der Waals surface area contributed by atoms with Crippen molar-refractivity contribution in [2.75, 3.05) is 5.73 Å². The molecule has 2 N–H and O–H groups in total. The third kappa shape index (κ3) is 2.01. The van der Waals surface area contributed by atoms with Gasteiger partial charge in [-0.15, -0.1) is 10.2 Å². The Balaban J connectivity index is 2.10. The average molecular weight is 273 g/mol. The number of aromatic nitrogens is 2. The Morgan fingerprint density at radius 3 is 2.35 bits per heavy atom. The van der Waals surface area contributed by atoms with Gasteiger partial charge in [0, 0.05) is 5.56 Å². The summed E-state index contributed by atoms with van der Waals surface area (Å²) in [4.78, 5) is 0. The quantitative estimate of drug-likeness (QED) is 0.728. The second-order valence-corrected chi connectivity index (χ2v) is 4.10. The third-order valence-corrected chi connectivity index (χ3v) is 2.78. The number of rotatable bonds is 2. The fraction of sp³-hybridized carbons (Fsp3) is 0. The van der Waals surface area contributed by atoms with Crippen LogP contribution in [0.3, 0.4) is 0 Å². The van der Waals surface area contributed by atoms with Gasteiger partial charge in [0.2, 0.25) is 5.89 Å². The minimum Gasteiger partial charge on any atom is -0.416 e. The van der Waals surface area contributed by atoms with Crippen molar-refractivity contribution in [2.45, 2.75) is 0 Å². The first-order chi connectivity index (χ1) is 9.66. The van der Waals surface area contributed by atoms with Crippen LogP contribution in [0.2, 0.25) is 0 Å². The van der Waals surface area contributed by atoms with Crippen LogP contribution in [0.4, 0.5) is 14.5 Å². The molecule has 1 heterocycles. The van der Waals surface area contributed by atoms with Crippen molar-refractivity contribution in [3.63, 3.8) is 0 Å². The molecule has 0 saturated carbocycles. The van der Waals surface area contributed by atoms with Gasteiger partial charge in [0.05, 0.1) is 5.69 Å². The van der Waals surface area contributed by atoms with E-state index in [4.69, 9.17) is 10.2 Å². The maximum absolute atomic E-state index is 13.9. The van der Waals surface area contributed by atoms with Crippen LogP contribution in [0, 0.1) is 11.6 Å². The summed E-state index contributed by atoms with van der Waals surface area (Å²) >= 11 is 0. The maximum Gasteiger partial charge on any atom is 0.254 e. The first-order valence-electron chi connectivity index (χ1n) is 5.79. The molecule has 0 radical (unpaired) electrons. The van der Waals surface area contributed by atoms with E-state index in [1.807, 2.05) is 6.07 Å². The fourth-order valence-corrected chi connectivity index (χ4v) is 1.79. The summed E-state index contributed by atoms with van der Waals surface area (Å²) in [6, 6.07) is 11.1. The molecule has 20 heavy (non-hydrogen) atoms. The molecule has 0 fully saturated rings. The molecular weight excluding hydrogens is 264 g/mol. The number of hydrogen-bond acceptors (Lipinski definition) is 4. The Morgan fingerprint density at radius 1 is 0.900 bits per heavy atom. The monoisotopic (exact) mass is 273 g/mol. The molecule has 0 aliphatic heterocycles. The van der Waals surface area contributed by atoms with Crippen LogP contribution in [-0.2, 0) is 0 Å². The molecule has 0 saturated heterocycles. The average Bonchev–Trinajstić information content (AvgIpc) is 2.94. The number of nitrogens with zero attached hydrogens (tertiary/aromatic N) is 2. The van der Waals surface area contributed by atoms with E-state index in [1.54, 1.807) is 24.3 Å². The van der Waals surface area contributed by atoms with Crippen LogP contribution in [0.25, 0.3) is 22.9 Å². The molecule has 3 aromatic rings. The first-order valence-corrected chi connectivity index (χ1v) is 5.79. The van der Waals surface area contributed by atoms with Gasteiger partial charge in [0.15, 0.2) is 5.82 Å². The van der Waals surface area contributed by atoms with Gasteiger partial charge in [-0.2, -0.15) is 0 Å². The molecule has 6 heteroatoms. The van der Waals surface area contributed by atoms with E-state index in [9.17, 15) is 8.78 Å². The van der Waals surface area contributed by atoms with Gasteiger partial charge < -0.3 is 10.2 Å². The summed E-state index contributed by atoms with van der Waals surface area (Å²) < 4.78 is 32.9. The highest BCUT2D eigenvalue weighted by molar-refractivity contribution is 5.63. The summed E-state index contributed by atoms with van der Waals surface area (Å²) in [7, 11) is 0. The second-order valence-electron chi connectivity index (χ2n) is 4.10. The summed E-state index contributed by atoms with van der Waals surface area (Å²) in [5.41, 5.74) is 5.48. The zero-order valence-corrected chi connectivity index (χ0v) is 10.2. The van der Waals surface area contributed by atoms with Crippen molar-refractivity contribution in [3.8, 4) is 22.9 Å². The van der Waals surface area contributed by atoms with Gasteiger partial charge in [-0.3, -0.25) is 0 Å². The Hall–Kier alpha value is -2.76. The summed E-state index contributed by atoms with van der Waals surface area (Å²) in [6.07, 6.45) is 0. The Kier molecular flexibility index (Phi) is 2.90. The van der Waals surface area contributed by atoms with E-state index in [0.29, 0.717) is 5.56 Å². The zero-order valence-electron chi connectivity index (χ0n) is 10.2. The lowest BCUT2D eigenvalue weighted by atomic mass is 10.1. The highest BCUT2D eigenvalue weighted by Crippen LogP contribution is 2.30. The predicted octanol–water partition coefficient (Wildman–Crippen LogP) is 3.26. The van der Waals surface area contributed by atoms with Crippen molar-refractivity contribution in [1.82, 2.24) is 10.2 Å². The molecule has 0 unspecified atom stereocenters. The van der Waals surface area contributed by atoms with Crippen LogP contribution in [0.1, 0.15) is 0 Å². The van der Waals surface area contributed by atoms with Gasteiger partial charge in [-0.1, -0.05) is 18.2 Å². The SMILES string of the molecule is Nc1ccc(F)c(-c2nnc(-c3ccccc3)o2)c1F. The van der Waals surface area contributed by atoms with Crippen molar-refractivity contribution in [3.05, 3.63) is 54.1 Å². The van der Waals surface area contributed by atoms with Gasteiger partial charge >= 0.3 is 0 Å². The number of nitrogen functional groups attached to an aromatic ring is 1. The lowest BCUT2D eigenvalue weighted by molar-refractivity contribution is 0.549. The lowest BCUT2D eigenvalue weighted by Crippen LogP contribution is -1.96. The number of anilines is 1. The molecule has 0 amide bonds. The fourth-order valence-electron chi connectivity index (χ4n) is 1.79. The van der Waals surface area contributed by atoms with E-state index in [0.717, 1.165) is 12.1 Å². The van der Waals surface area contributed by atoms with Crippen LogP contribution in [-0.4, -0.2) is 10.2 Å². The van der Waals surface area contributed by atoms with E-state index < -0.39 is 17.2 Å². The Morgan fingerprint density at radius 2 is 1.60 bits per heavy atom. The topological polar surface area (TPSA) is 64.9 Å². The predicted molar refractivity (Wildman–Crippen MR) is 69.5 cm³/mol. The molecule has 3 rings (SSSR count). The Bertz CT molecular complexity index is 756. The smallest absolute Gasteiger partial charge is 0.254 e. The standard InChI is InChI=1S/C14H9F2N3O/c15-9-6-7-10(17)12(16)11(9)14-19-18-13(20-14)8-4-2-1-3-5-8/h1-7H,17H2. The van der Waals surface area contributed by atoms with E-state index in [2.05, 4.69) is 10.2 Å². The maximum atomic E-state index is 13.9. The zero-order chi connectivity index (χ0) is 14.1. The van der Waals surface area contributed by atoms with E-state index in [-0.39, 0.29) is 17.5 Å². The first kappa shape index (κ1) is 12.3. The molecule has 2 aromatic carbocycles. The second kappa shape index (κ2) is 4.73. The minimum atomic E-state index is -0.909. The van der Waals surface area contributed by atoms with E-state index in [1.165, 1.54) is 0 Å². The summed E-state index contributed by atoms with van der Waals surface area (Å²) in [6.45, 7) is 0. The number of benzene rings is 2. The molecule has 0 spiro atoms. The normalized spacial score (nSPS) is 10.7. The Labute approximate surface area is 112 Å². The number of hydrogen-bond donors (Lipinski definition) is 1. The molecule has 100 valence electrons. The lowest BCUT2D eigenvalue weighted by Gasteiger charge is -2.02. The van der Waals surface area contributed by atoms with Crippen molar-refractivity contribution in [2.24, 2.45) is 0 Å². The molecule has 0 atom stereocenters. The number of halogens is 2. The highest BCUT2D eigenvalue weighted by Gasteiger charge is 2.20. The largest absolute Gasteiger partial charge is 0.416 e. The van der Waals surface area contributed by atoms with Crippen LogP contribution in [0.15, 0.2) is 46.9 Å². The summed E-state index contributed by atoms with van der Waals surface area (Å²) in [5, 5.41) is 7.46. The number of nitrogens with two attached hydrogens (primary N) is 1. The van der Waals surface area contributed by atoms with E-state index >= 15 is 0 Å². The summed E-state index contributed by atoms with van der Waals surface area (Å²) in [5.74, 6) is -1.78. The molecular formula is C14H9F2N3O. The molecule has 0 aliphatic rings. The molecule has 4 nitrogen and oxygen atoms in total. The van der Waals surface area contributed by atoms with Gasteiger partial charge in [-0.25, -0.2) is 8.78 Å². The molecule has 1 aromatic heterocycles. The third-order valence-electron chi connectivity index (χ3n) is 2.78. The van der Waals surface area contributed by atoms with Crippen LogP contribution < -0.4 is 5.73 Å². The van der Waals surface area contributed by atoms with Crippen molar-refractivity contribution in [1.29, 1.82) is 0 Å². The van der Waals surface area contributed by atoms with Crippen LogP contribution >= 0.6 is 0 Å². The van der Waals surface area contributed by atoms with Gasteiger partial charge in [-0.05, 0) is 24.3 Å². The van der Waals surface area contributed by atoms with Crippen molar-refractivity contribution < 1.29 is 13.2 Å². The van der Waals surface area contributed by atoms with Gasteiger partial charge in [0.25, 0.3) is 5.89 Å². The highest BCUT2D eigenvalue weighted by atomic mass is 19.1. The molecule has 0 bridgehead atoms. The molecule has 0 aliphatic carbocycles. The van der Waals surface area contributed by atoms with Crippen LogP contribution in [0.5, 0.6) is 0 Å². The van der Waals surface area contributed by atoms with Gasteiger partial charge in [0.1, 0.15) is 11.4 Å². The van der Waals surface area contributed by atoms with Crippen molar-refractivity contribution >= 4 is 5.69 Å².